The van der Waals surface area contributed by atoms with E-state index in [-0.39, 0.29) is 36.9 Å². The van der Waals surface area contributed by atoms with E-state index in [2.05, 4.69) is 31.5 Å². The van der Waals surface area contributed by atoms with Gasteiger partial charge in [-0.2, -0.15) is 0 Å². The summed E-state index contributed by atoms with van der Waals surface area (Å²) in [5.41, 5.74) is 2.64. The molecular formula is C20H22FN7O3. The highest BCUT2D eigenvalue weighted by Crippen LogP contribution is 2.35. The summed E-state index contributed by atoms with van der Waals surface area (Å²) in [6.45, 7) is 3.84. The topological polar surface area (TPSA) is 134 Å². The number of fused-ring (bicyclic) bond motifs is 1. The zero-order chi connectivity index (χ0) is 22.1. The van der Waals surface area contributed by atoms with Crippen LogP contribution in [0.5, 0.6) is 0 Å². The van der Waals surface area contributed by atoms with Crippen LogP contribution in [0.1, 0.15) is 19.4 Å². The molecule has 2 aliphatic heterocycles. The lowest BCUT2D eigenvalue weighted by Gasteiger charge is -2.17. The molecule has 3 unspecified atom stereocenters. The van der Waals surface area contributed by atoms with Gasteiger partial charge in [-0.15, -0.1) is 5.10 Å². The Morgan fingerprint density at radius 1 is 1.45 bits per heavy atom. The number of amides is 2. The summed E-state index contributed by atoms with van der Waals surface area (Å²) in [6, 6.07) is 3.82. The summed E-state index contributed by atoms with van der Waals surface area (Å²) in [5, 5.41) is 29.4. The van der Waals surface area contributed by atoms with Crippen LogP contribution in [0, 0.1) is 11.7 Å². The SMILES string of the molecule is CC1=C(C(=O)NCC(O)Cn2cnnn2)C(C)C(/C=C2\C(=O)Nc3ccc(F)cc32)N1. The molecule has 0 aliphatic carbocycles. The Bertz CT molecular complexity index is 1080. The van der Waals surface area contributed by atoms with Crippen molar-refractivity contribution in [3.8, 4) is 0 Å². The van der Waals surface area contributed by atoms with Crippen molar-refractivity contribution in [2.75, 3.05) is 11.9 Å². The quantitative estimate of drug-likeness (QED) is 0.484. The molecule has 0 radical (unpaired) electrons. The van der Waals surface area contributed by atoms with E-state index in [1.54, 1.807) is 13.0 Å². The Kier molecular flexibility index (Phi) is 5.51. The number of aliphatic hydroxyl groups is 1. The van der Waals surface area contributed by atoms with Gasteiger partial charge in [-0.25, -0.2) is 9.07 Å². The highest BCUT2D eigenvalue weighted by atomic mass is 19.1. The van der Waals surface area contributed by atoms with Gasteiger partial charge in [-0.3, -0.25) is 9.59 Å². The highest BCUT2D eigenvalue weighted by molar-refractivity contribution is 6.31. The normalized spacial score (nSPS) is 22.3. The van der Waals surface area contributed by atoms with Gasteiger partial charge in [0.2, 0.25) is 5.91 Å². The number of carbonyl (C=O) groups is 2. The Morgan fingerprint density at radius 3 is 3.00 bits per heavy atom. The predicted octanol–water partition coefficient (Wildman–Crippen LogP) is 0.207. The molecule has 2 aliphatic rings. The Balaban J connectivity index is 1.43. The number of anilines is 1. The fraction of sp³-hybridized carbons (Fsp3) is 0.350. The largest absolute Gasteiger partial charge is 0.389 e. The molecule has 0 saturated heterocycles. The van der Waals surface area contributed by atoms with Gasteiger partial charge in [0.05, 0.1) is 18.7 Å². The van der Waals surface area contributed by atoms with Crippen LogP contribution in [0.15, 0.2) is 41.9 Å². The van der Waals surface area contributed by atoms with Crippen molar-refractivity contribution in [1.82, 2.24) is 30.8 Å². The van der Waals surface area contributed by atoms with Crippen LogP contribution < -0.4 is 16.0 Å². The molecule has 3 heterocycles. The number of hydrogen-bond donors (Lipinski definition) is 4. The molecule has 1 aromatic heterocycles. The van der Waals surface area contributed by atoms with Gasteiger partial charge in [0.1, 0.15) is 12.1 Å². The first-order valence-corrected chi connectivity index (χ1v) is 9.81. The van der Waals surface area contributed by atoms with E-state index in [0.717, 1.165) is 0 Å². The fourth-order valence-corrected chi connectivity index (χ4v) is 3.89. The number of rotatable bonds is 6. The predicted molar refractivity (Wildman–Crippen MR) is 109 cm³/mol. The smallest absolute Gasteiger partial charge is 0.256 e. The van der Waals surface area contributed by atoms with E-state index in [9.17, 15) is 19.1 Å². The van der Waals surface area contributed by atoms with E-state index in [0.29, 0.717) is 28.1 Å². The second-order valence-electron chi connectivity index (χ2n) is 7.62. The van der Waals surface area contributed by atoms with Crippen molar-refractivity contribution < 1.29 is 19.1 Å². The Hall–Kier alpha value is -3.60. The van der Waals surface area contributed by atoms with Gasteiger partial charge in [0.25, 0.3) is 5.91 Å². The first kappa shape index (κ1) is 20.7. The van der Waals surface area contributed by atoms with Gasteiger partial charge in [-0.1, -0.05) is 6.92 Å². The van der Waals surface area contributed by atoms with Crippen LogP contribution in [0.2, 0.25) is 0 Å². The van der Waals surface area contributed by atoms with Crippen molar-refractivity contribution >= 4 is 23.1 Å². The Morgan fingerprint density at radius 2 is 2.26 bits per heavy atom. The molecule has 2 aromatic rings. The third-order valence-corrected chi connectivity index (χ3v) is 5.42. The zero-order valence-corrected chi connectivity index (χ0v) is 17.0. The van der Waals surface area contributed by atoms with Crippen LogP contribution in [0.25, 0.3) is 5.57 Å². The summed E-state index contributed by atoms with van der Waals surface area (Å²) >= 11 is 0. The van der Waals surface area contributed by atoms with Crippen LogP contribution in [0.3, 0.4) is 0 Å². The minimum Gasteiger partial charge on any atom is -0.389 e. The molecule has 0 fully saturated rings. The number of nitrogens with one attached hydrogen (secondary N) is 3. The number of tetrazole rings is 1. The average molecular weight is 427 g/mol. The fourth-order valence-electron chi connectivity index (χ4n) is 3.89. The molecule has 31 heavy (non-hydrogen) atoms. The van der Waals surface area contributed by atoms with Crippen molar-refractivity contribution in [1.29, 1.82) is 0 Å². The third kappa shape index (κ3) is 4.17. The van der Waals surface area contributed by atoms with Crippen LogP contribution >= 0.6 is 0 Å². The number of aromatic nitrogens is 4. The van der Waals surface area contributed by atoms with Crippen molar-refractivity contribution in [3.63, 3.8) is 0 Å². The number of nitrogens with zero attached hydrogens (tertiary/aromatic N) is 4. The number of hydrogen-bond acceptors (Lipinski definition) is 7. The van der Waals surface area contributed by atoms with E-state index < -0.39 is 11.9 Å². The molecular weight excluding hydrogens is 405 g/mol. The van der Waals surface area contributed by atoms with Gasteiger partial charge in [-0.05, 0) is 41.6 Å². The minimum atomic E-state index is -0.857. The molecule has 0 spiro atoms. The lowest BCUT2D eigenvalue weighted by atomic mass is 9.93. The van der Waals surface area contributed by atoms with E-state index in [4.69, 9.17) is 0 Å². The molecule has 162 valence electrons. The minimum absolute atomic E-state index is 0.0308. The highest BCUT2D eigenvalue weighted by Gasteiger charge is 2.34. The number of halogens is 1. The number of benzene rings is 1. The summed E-state index contributed by atoms with van der Waals surface area (Å²) in [5.74, 6) is -1.29. The van der Waals surface area contributed by atoms with Crippen LogP contribution in [0.4, 0.5) is 10.1 Å². The lowest BCUT2D eigenvalue weighted by molar-refractivity contribution is -0.118. The maximum absolute atomic E-state index is 13.7. The average Bonchev–Trinajstić information content (AvgIpc) is 3.40. The van der Waals surface area contributed by atoms with E-state index in [1.807, 2.05) is 6.92 Å². The lowest BCUT2D eigenvalue weighted by Crippen LogP contribution is -2.36. The summed E-state index contributed by atoms with van der Waals surface area (Å²) < 4.78 is 15.0. The molecule has 0 bridgehead atoms. The van der Waals surface area contributed by atoms with Crippen molar-refractivity contribution in [2.24, 2.45) is 5.92 Å². The molecule has 4 N–H and O–H groups in total. The van der Waals surface area contributed by atoms with Crippen LogP contribution in [-0.2, 0) is 16.1 Å². The van der Waals surface area contributed by atoms with E-state index in [1.165, 1.54) is 29.2 Å². The molecule has 2 amide bonds. The maximum Gasteiger partial charge on any atom is 0.256 e. The first-order valence-electron chi connectivity index (χ1n) is 9.81. The van der Waals surface area contributed by atoms with Gasteiger partial charge in [0, 0.05) is 40.6 Å². The summed E-state index contributed by atoms with van der Waals surface area (Å²) in [7, 11) is 0. The number of aliphatic hydroxyl groups excluding tert-OH is 1. The van der Waals surface area contributed by atoms with E-state index >= 15 is 0 Å². The van der Waals surface area contributed by atoms with Crippen LogP contribution in [-0.4, -0.2) is 55.8 Å². The molecule has 0 saturated carbocycles. The van der Waals surface area contributed by atoms with Crippen molar-refractivity contribution in [3.05, 3.63) is 53.3 Å². The first-order chi connectivity index (χ1) is 14.8. The zero-order valence-electron chi connectivity index (χ0n) is 17.0. The molecule has 4 rings (SSSR count). The number of carbonyl (C=O) groups excluding carboxylic acids is 2. The summed E-state index contributed by atoms with van der Waals surface area (Å²) in [4.78, 5) is 25.1. The molecule has 1 aromatic carbocycles. The maximum atomic E-state index is 13.7. The molecule has 11 heteroatoms. The standard InChI is InChI=1S/C20H22FN7O3/c1-10-17(6-15-14-5-12(21)3-4-16(14)25-19(15)30)24-11(2)18(10)20(31)22-7-13(29)8-28-9-23-26-27-28/h3-6,9-10,13,17,24,29H,7-8H2,1-2H3,(H,22,31)(H,25,30)/b15-6-. The second-order valence-corrected chi connectivity index (χ2v) is 7.62. The third-order valence-electron chi connectivity index (χ3n) is 5.42. The number of allylic oxidation sites excluding steroid dienone is 1. The monoisotopic (exact) mass is 427 g/mol. The van der Waals surface area contributed by atoms with Crippen molar-refractivity contribution in [2.45, 2.75) is 32.5 Å². The molecule has 3 atom stereocenters. The van der Waals surface area contributed by atoms with Gasteiger partial charge in [0.15, 0.2) is 0 Å². The Labute approximate surface area is 177 Å². The summed E-state index contributed by atoms with van der Waals surface area (Å²) in [6.07, 6.45) is 2.24. The molecule has 10 nitrogen and oxygen atoms in total. The van der Waals surface area contributed by atoms with Gasteiger partial charge >= 0.3 is 0 Å². The second kappa shape index (κ2) is 8.26. The van der Waals surface area contributed by atoms with Gasteiger partial charge < -0.3 is 21.1 Å².